The van der Waals surface area contributed by atoms with Gasteiger partial charge in [-0.2, -0.15) is 26.3 Å². The van der Waals surface area contributed by atoms with Crippen LogP contribution in [0.1, 0.15) is 103 Å². The van der Waals surface area contributed by atoms with E-state index in [0.717, 1.165) is 55.4 Å². The Morgan fingerprint density at radius 3 is 2.29 bits per heavy atom. The zero-order chi connectivity index (χ0) is 34.6. The Bertz CT molecular complexity index is 1540. The van der Waals surface area contributed by atoms with E-state index in [9.17, 15) is 45.4 Å². The van der Waals surface area contributed by atoms with E-state index in [2.05, 4.69) is 6.92 Å². The Hall–Kier alpha value is -3.35. The number of carboxylic acid groups (broad SMARTS) is 1. The van der Waals surface area contributed by atoms with Crippen LogP contribution in [0.25, 0.3) is 0 Å². The number of aromatic carboxylic acids is 1. The average molecular weight is 686 g/mol. The van der Waals surface area contributed by atoms with Crippen molar-refractivity contribution in [3.05, 3.63) is 64.0 Å². The fourth-order valence-electron chi connectivity index (χ4n) is 8.22. The van der Waals surface area contributed by atoms with E-state index in [1.807, 2.05) is 0 Å². The number of carboxylic acids is 1. The first-order valence-corrected chi connectivity index (χ1v) is 16.5. The Labute approximate surface area is 273 Å². The maximum absolute atomic E-state index is 14.1. The van der Waals surface area contributed by atoms with E-state index in [1.54, 1.807) is 6.07 Å². The summed E-state index contributed by atoms with van der Waals surface area (Å²) in [6.45, 7) is 1.43. The summed E-state index contributed by atoms with van der Waals surface area (Å²) in [5.74, 6) is -2.71. The second-order valence-corrected chi connectivity index (χ2v) is 14.0. The summed E-state index contributed by atoms with van der Waals surface area (Å²) >= 11 is 0. The van der Waals surface area contributed by atoms with Crippen LogP contribution in [0.2, 0.25) is 0 Å². The highest BCUT2D eigenvalue weighted by Gasteiger charge is 2.56. The third-order valence-electron chi connectivity index (χ3n) is 10.9. The summed E-state index contributed by atoms with van der Waals surface area (Å²) in [6, 6.07) is 4.96. The molecule has 48 heavy (non-hydrogen) atoms. The molecule has 1 N–H and O–H groups in total. The molecule has 2 aromatic rings. The second-order valence-electron chi connectivity index (χ2n) is 14.0. The van der Waals surface area contributed by atoms with Crippen LogP contribution < -0.4 is 4.74 Å². The molecule has 6 nitrogen and oxygen atoms in total. The van der Waals surface area contributed by atoms with Crippen molar-refractivity contribution in [2.45, 2.75) is 95.1 Å². The first-order chi connectivity index (χ1) is 22.6. The van der Waals surface area contributed by atoms with Gasteiger partial charge in [-0.1, -0.05) is 32.3 Å². The molecule has 2 aliphatic heterocycles. The van der Waals surface area contributed by atoms with Crippen LogP contribution in [0, 0.1) is 29.5 Å². The fraction of sp³-hybridized carbons (Fsp3) is 0.600. The highest BCUT2D eigenvalue weighted by atomic mass is 19.4. The first-order valence-electron chi connectivity index (χ1n) is 16.5. The minimum atomic E-state index is -5.08. The molecule has 0 bridgehead atoms. The van der Waals surface area contributed by atoms with E-state index >= 15 is 0 Å². The maximum Gasteiger partial charge on any atom is 0.419 e. The molecular weight excluding hydrogens is 647 g/mol. The number of ether oxygens (including phenoxy) is 2. The summed E-state index contributed by atoms with van der Waals surface area (Å²) in [4.78, 5) is 26.8. The van der Waals surface area contributed by atoms with E-state index in [4.69, 9.17) is 9.47 Å². The lowest BCUT2D eigenvalue weighted by atomic mass is 9.70. The molecule has 2 aliphatic carbocycles. The maximum atomic E-state index is 14.1. The van der Waals surface area contributed by atoms with Crippen molar-refractivity contribution in [1.29, 1.82) is 0 Å². The number of nitrogens with zero attached hydrogens (tertiary/aromatic N) is 1. The zero-order valence-electron chi connectivity index (χ0n) is 26.4. The van der Waals surface area contributed by atoms with Gasteiger partial charge in [0.25, 0.3) is 5.91 Å². The fourth-order valence-corrected chi connectivity index (χ4v) is 8.22. The van der Waals surface area contributed by atoms with Crippen molar-refractivity contribution in [3.63, 3.8) is 0 Å². The van der Waals surface area contributed by atoms with Gasteiger partial charge in [-0.15, -0.1) is 0 Å². The van der Waals surface area contributed by atoms with Crippen molar-refractivity contribution in [2.24, 2.45) is 23.7 Å². The topological polar surface area (TPSA) is 76.1 Å². The number of halogens is 7. The van der Waals surface area contributed by atoms with Gasteiger partial charge in [-0.05, 0) is 97.9 Å². The van der Waals surface area contributed by atoms with Gasteiger partial charge < -0.3 is 19.5 Å². The number of hydrogen-bond donors (Lipinski definition) is 1. The largest absolute Gasteiger partial charge is 0.478 e. The minimum absolute atomic E-state index is 0.0396. The van der Waals surface area contributed by atoms with Gasteiger partial charge in [0.2, 0.25) is 0 Å². The Kier molecular flexibility index (Phi) is 9.23. The molecule has 1 amide bonds. The van der Waals surface area contributed by atoms with Crippen LogP contribution in [-0.2, 0) is 28.4 Å². The van der Waals surface area contributed by atoms with Crippen LogP contribution in [0.15, 0.2) is 30.3 Å². The van der Waals surface area contributed by atoms with E-state index in [0.29, 0.717) is 25.5 Å². The third-order valence-corrected chi connectivity index (χ3v) is 10.9. The lowest BCUT2D eigenvalue weighted by Gasteiger charge is -2.45. The molecule has 5 atom stereocenters. The summed E-state index contributed by atoms with van der Waals surface area (Å²) < 4.78 is 108. The number of hydrogen-bond acceptors (Lipinski definition) is 4. The number of rotatable bonds is 5. The van der Waals surface area contributed by atoms with Crippen molar-refractivity contribution < 1.29 is 54.9 Å². The van der Waals surface area contributed by atoms with Crippen LogP contribution in [0.5, 0.6) is 5.75 Å². The molecule has 13 heteroatoms. The van der Waals surface area contributed by atoms with E-state index in [-0.39, 0.29) is 46.8 Å². The Morgan fingerprint density at radius 1 is 0.938 bits per heavy atom. The summed E-state index contributed by atoms with van der Waals surface area (Å²) in [7, 11) is 0. The van der Waals surface area contributed by atoms with Crippen molar-refractivity contribution >= 4 is 11.9 Å². The molecule has 0 radical (unpaired) electrons. The smallest absolute Gasteiger partial charge is 0.419 e. The van der Waals surface area contributed by atoms with Crippen LogP contribution in [0.3, 0.4) is 0 Å². The number of carbonyl (C=O) groups is 2. The van der Waals surface area contributed by atoms with Crippen molar-refractivity contribution in [3.8, 4) is 5.75 Å². The van der Waals surface area contributed by atoms with Gasteiger partial charge in [0.15, 0.2) is 6.73 Å². The number of fused-ring (bicyclic) bond motifs is 1. The van der Waals surface area contributed by atoms with Gasteiger partial charge in [0.1, 0.15) is 17.2 Å². The molecule has 262 valence electrons. The highest BCUT2D eigenvalue weighted by molar-refractivity contribution is 5.88. The molecule has 1 saturated heterocycles. The quantitative estimate of drug-likeness (QED) is 0.319. The predicted octanol–water partition coefficient (Wildman–Crippen LogP) is 8.82. The molecule has 0 aromatic heterocycles. The summed E-state index contributed by atoms with van der Waals surface area (Å²) in [5.41, 5.74) is -4.10. The van der Waals surface area contributed by atoms with Crippen LogP contribution in [0.4, 0.5) is 30.7 Å². The van der Waals surface area contributed by atoms with E-state index in [1.165, 1.54) is 12.1 Å². The molecule has 2 unspecified atom stereocenters. The lowest BCUT2D eigenvalue weighted by Crippen LogP contribution is -2.56. The van der Waals surface area contributed by atoms with Gasteiger partial charge >= 0.3 is 18.3 Å². The van der Waals surface area contributed by atoms with Gasteiger partial charge in [0.05, 0.1) is 29.8 Å². The van der Waals surface area contributed by atoms with Gasteiger partial charge in [-0.25, -0.2) is 9.18 Å². The monoisotopic (exact) mass is 685 g/mol. The average Bonchev–Trinajstić information content (AvgIpc) is 3.88. The molecule has 3 fully saturated rings. The molecular formula is C35H38F7NO5. The first kappa shape index (κ1) is 34.5. The van der Waals surface area contributed by atoms with Crippen molar-refractivity contribution in [1.82, 2.24) is 4.90 Å². The third kappa shape index (κ3) is 6.76. The van der Waals surface area contributed by atoms with Crippen molar-refractivity contribution in [2.75, 3.05) is 13.3 Å². The van der Waals surface area contributed by atoms with Gasteiger partial charge in [-0.3, -0.25) is 4.79 Å². The molecule has 2 aromatic carbocycles. The molecule has 6 rings (SSSR count). The van der Waals surface area contributed by atoms with Crippen LogP contribution >= 0.6 is 0 Å². The van der Waals surface area contributed by atoms with Gasteiger partial charge in [0, 0.05) is 5.56 Å². The Morgan fingerprint density at radius 2 is 1.67 bits per heavy atom. The number of benzene rings is 2. The van der Waals surface area contributed by atoms with E-state index < -0.39 is 65.8 Å². The number of amides is 1. The normalized spacial score (nSPS) is 28.5. The predicted molar refractivity (Wildman–Crippen MR) is 158 cm³/mol. The highest BCUT2D eigenvalue weighted by Crippen LogP contribution is 2.52. The summed E-state index contributed by atoms with van der Waals surface area (Å²) in [6.07, 6.45) is -3.05. The SMILES string of the molecule is CC1CC([C@@H]2CC[C@@](C(=O)N3COc4c(cc(C(F)(F)F)cc4C(F)(F)F)C3)(C3CC3)OC2)CCCC[C@@H]1c1ccc(F)c(C(=O)O)c1. The standard InChI is InChI=1S/C35H38F7NO5/c1-19-12-20(4-2-3-5-26(19)21-6-9-29(36)27(14-21)31(44)45)22-10-11-33(48-17-22,24-7-8-24)32(46)43-16-23-13-25(34(37,38)39)15-28(35(40,41)42)30(23)47-18-43/h6,9,13-15,19-20,22,24,26H,2-5,7-8,10-12,16-18H2,1H3,(H,44,45)/t19?,20?,22-,26+,33+/m1/s1. The lowest BCUT2D eigenvalue weighted by molar-refractivity contribution is -0.181. The second kappa shape index (κ2) is 12.8. The molecule has 2 heterocycles. The molecule has 2 saturated carbocycles. The summed E-state index contributed by atoms with van der Waals surface area (Å²) in [5, 5.41) is 9.43. The molecule has 4 aliphatic rings. The number of carbonyl (C=O) groups excluding carboxylic acids is 1. The molecule has 0 spiro atoms. The van der Waals surface area contributed by atoms with Crippen LogP contribution in [-0.4, -0.2) is 40.8 Å². The minimum Gasteiger partial charge on any atom is -0.478 e. The Balaban J connectivity index is 1.16. The number of alkyl halides is 6. The zero-order valence-corrected chi connectivity index (χ0v) is 26.4.